The molecular formula is C10H11N3O2S. The van der Waals surface area contributed by atoms with Crippen LogP contribution < -0.4 is 0 Å². The predicted molar refractivity (Wildman–Crippen MR) is 60.9 cm³/mol. The fraction of sp³-hybridized carbons (Fsp3) is 0.300. The number of carbonyl (C=O) groups excluding carboxylic acids is 1. The van der Waals surface area contributed by atoms with Crippen LogP contribution in [0.3, 0.4) is 0 Å². The van der Waals surface area contributed by atoms with E-state index < -0.39 is 5.97 Å². The van der Waals surface area contributed by atoms with Gasteiger partial charge in [-0.2, -0.15) is 5.10 Å². The molecule has 0 amide bonds. The molecule has 16 heavy (non-hydrogen) atoms. The Morgan fingerprint density at radius 2 is 2.38 bits per heavy atom. The lowest BCUT2D eigenvalue weighted by atomic mass is 10.3. The monoisotopic (exact) mass is 237 g/mol. The first-order valence-corrected chi connectivity index (χ1v) is 5.29. The topological polar surface area (TPSA) is 56.5 Å². The Balaban J connectivity index is 2.60. The zero-order valence-corrected chi connectivity index (χ0v) is 9.86. The van der Waals surface area contributed by atoms with Gasteiger partial charge in [0, 0.05) is 5.69 Å². The molecule has 0 radical (unpaired) electrons. The van der Waals surface area contributed by atoms with Crippen molar-refractivity contribution in [2.24, 2.45) is 0 Å². The highest BCUT2D eigenvalue weighted by Crippen LogP contribution is 2.15. The number of esters is 1. The average Bonchev–Trinajstić information content (AvgIpc) is 2.61. The number of carbonyl (C=O) groups is 1. The van der Waals surface area contributed by atoms with Gasteiger partial charge in [0.15, 0.2) is 5.65 Å². The van der Waals surface area contributed by atoms with Crippen LogP contribution in [0.4, 0.5) is 0 Å². The fourth-order valence-corrected chi connectivity index (χ4v) is 1.75. The van der Waals surface area contributed by atoms with Gasteiger partial charge in [-0.25, -0.2) is 14.3 Å². The van der Waals surface area contributed by atoms with Crippen LogP contribution in [0.5, 0.6) is 0 Å². The van der Waals surface area contributed by atoms with Crippen LogP contribution in [-0.2, 0) is 4.74 Å². The molecule has 0 saturated carbocycles. The summed E-state index contributed by atoms with van der Waals surface area (Å²) in [4.78, 5) is 15.9. The van der Waals surface area contributed by atoms with Crippen molar-refractivity contribution in [3.63, 3.8) is 0 Å². The number of aromatic nitrogens is 3. The van der Waals surface area contributed by atoms with Crippen molar-refractivity contribution in [2.45, 2.75) is 18.9 Å². The van der Waals surface area contributed by atoms with E-state index in [1.807, 2.05) is 6.92 Å². The second-order valence-electron chi connectivity index (χ2n) is 3.27. The molecule has 0 bridgehead atoms. The second-order valence-corrected chi connectivity index (χ2v) is 3.73. The molecule has 0 unspecified atom stereocenters. The van der Waals surface area contributed by atoms with Gasteiger partial charge in [0.2, 0.25) is 0 Å². The molecule has 2 aromatic heterocycles. The maximum Gasteiger partial charge on any atom is 0.343 e. The van der Waals surface area contributed by atoms with Crippen molar-refractivity contribution in [1.29, 1.82) is 0 Å². The lowest BCUT2D eigenvalue weighted by Gasteiger charge is -2.01. The number of hydrogen-bond acceptors (Lipinski definition) is 5. The highest BCUT2D eigenvalue weighted by molar-refractivity contribution is 7.80. The van der Waals surface area contributed by atoms with Gasteiger partial charge < -0.3 is 4.74 Å². The van der Waals surface area contributed by atoms with Crippen LogP contribution in [0, 0.1) is 6.92 Å². The smallest absolute Gasteiger partial charge is 0.343 e. The van der Waals surface area contributed by atoms with Crippen molar-refractivity contribution in [3.05, 3.63) is 23.5 Å². The molecule has 2 aromatic rings. The average molecular weight is 237 g/mol. The molecule has 0 aliphatic carbocycles. The van der Waals surface area contributed by atoms with E-state index in [0.717, 1.165) is 5.69 Å². The molecule has 0 aromatic carbocycles. The minimum Gasteiger partial charge on any atom is -0.462 e. The molecule has 84 valence electrons. The number of ether oxygens (including phenoxy) is 1. The molecule has 6 heteroatoms. The molecule has 0 fully saturated rings. The third-order valence-electron chi connectivity index (χ3n) is 2.08. The number of nitrogens with zero attached hydrogens (tertiary/aromatic N) is 3. The van der Waals surface area contributed by atoms with Crippen LogP contribution in [0.1, 0.15) is 23.0 Å². The standard InChI is InChI=1S/C10H11N3O2S/c1-3-15-10(14)7-5-11-13-8(16)4-6(2)12-9(7)13/h4-5,16H,3H2,1-2H3. The van der Waals surface area contributed by atoms with Gasteiger partial charge in [0.25, 0.3) is 0 Å². The van der Waals surface area contributed by atoms with Gasteiger partial charge in [0.05, 0.1) is 17.8 Å². The Labute approximate surface area is 97.8 Å². The van der Waals surface area contributed by atoms with Crippen molar-refractivity contribution >= 4 is 24.2 Å². The second kappa shape index (κ2) is 4.13. The van der Waals surface area contributed by atoms with Crippen molar-refractivity contribution in [2.75, 3.05) is 6.61 Å². The van der Waals surface area contributed by atoms with Crippen LogP contribution >= 0.6 is 12.6 Å². The summed E-state index contributed by atoms with van der Waals surface area (Å²) < 4.78 is 6.42. The first-order valence-electron chi connectivity index (χ1n) is 4.85. The predicted octanol–water partition coefficient (Wildman–Crippen LogP) is 1.50. The third-order valence-corrected chi connectivity index (χ3v) is 2.39. The van der Waals surface area contributed by atoms with E-state index in [4.69, 9.17) is 4.74 Å². The maximum atomic E-state index is 11.6. The molecule has 0 aliphatic heterocycles. The number of hydrogen-bond donors (Lipinski definition) is 1. The largest absolute Gasteiger partial charge is 0.462 e. The van der Waals surface area contributed by atoms with E-state index in [9.17, 15) is 4.79 Å². The van der Waals surface area contributed by atoms with Crippen molar-refractivity contribution < 1.29 is 9.53 Å². The summed E-state index contributed by atoms with van der Waals surface area (Å²) >= 11 is 4.26. The van der Waals surface area contributed by atoms with Crippen LogP contribution in [0.2, 0.25) is 0 Å². The van der Waals surface area contributed by atoms with Crippen molar-refractivity contribution in [3.8, 4) is 0 Å². The molecule has 5 nitrogen and oxygen atoms in total. The molecule has 0 saturated heterocycles. The van der Waals surface area contributed by atoms with Gasteiger partial charge in [-0.05, 0) is 19.9 Å². The fourth-order valence-electron chi connectivity index (χ4n) is 1.42. The highest BCUT2D eigenvalue weighted by Gasteiger charge is 2.16. The van der Waals surface area contributed by atoms with Gasteiger partial charge in [-0.15, -0.1) is 12.6 Å². The number of thiol groups is 1. The Bertz CT molecular complexity index is 550. The highest BCUT2D eigenvalue weighted by atomic mass is 32.1. The van der Waals surface area contributed by atoms with E-state index in [-0.39, 0.29) is 0 Å². The quantitative estimate of drug-likeness (QED) is 0.488. The molecule has 0 atom stereocenters. The van der Waals surface area contributed by atoms with E-state index in [1.165, 1.54) is 10.7 Å². The van der Waals surface area contributed by atoms with E-state index in [0.29, 0.717) is 22.8 Å². The SMILES string of the molecule is CCOC(=O)c1cnn2c(S)cc(C)nc12. The zero-order valence-electron chi connectivity index (χ0n) is 8.97. The molecule has 0 N–H and O–H groups in total. The summed E-state index contributed by atoms with van der Waals surface area (Å²) in [6.07, 6.45) is 1.44. The zero-order chi connectivity index (χ0) is 11.7. The summed E-state index contributed by atoms with van der Waals surface area (Å²) in [5.41, 5.74) is 1.62. The number of aryl methyl sites for hydroxylation is 1. The first-order chi connectivity index (χ1) is 7.63. The summed E-state index contributed by atoms with van der Waals surface area (Å²) in [7, 11) is 0. The summed E-state index contributed by atoms with van der Waals surface area (Å²) in [5.74, 6) is -0.414. The molecule has 0 aliphatic rings. The summed E-state index contributed by atoms with van der Waals surface area (Å²) in [6.45, 7) is 3.92. The molecule has 2 rings (SSSR count). The van der Waals surface area contributed by atoms with Gasteiger partial charge >= 0.3 is 5.97 Å². The van der Waals surface area contributed by atoms with Gasteiger partial charge in [-0.1, -0.05) is 0 Å². The van der Waals surface area contributed by atoms with E-state index >= 15 is 0 Å². The Morgan fingerprint density at radius 1 is 1.62 bits per heavy atom. The normalized spacial score (nSPS) is 10.7. The Hall–Kier alpha value is -1.56. The summed E-state index contributed by atoms with van der Waals surface area (Å²) in [6, 6.07) is 1.78. The van der Waals surface area contributed by atoms with Crippen LogP contribution in [0.25, 0.3) is 5.65 Å². The van der Waals surface area contributed by atoms with Gasteiger partial charge in [0.1, 0.15) is 5.56 Å². The number of rotatable bonds is 2. The summed E-state index contributed by atoms with van der Waals surface area (Å²) in [5, 5.41) is 4.68. The van der Waals surface area contributed by atoms with Gasteiger partial charge in [-0.3, -0.25) is 0 Å². The maximum absolute atomic E-state index is 11.6. The Kier molecular flexibility index (Phi) is 2.82. The van der Waals surface area contributed by atoms with E-state index in [2.05, 4.69) is 22.7 Å². The lowest BCUT2D eigenvalue weighted by molar-refractivity contribution is 0.0528. The minimum atomic E-state index is -0.414. The molecule has 0 spiro atoms. The van der Waals surface area contributed by atoms with Crippen molar-refractivity contribution in [1.82, 2.24) is 14.6 Å². The first kappa shape index (κ1) is 10.9. The van der Waals surface area contributed by atoms with Crippen LogP contribution in [0.15, 0.2) is 17.3 Å². The third kappa shape index (κ3) is 1.76. The lowest BCUT2D eigenvalue weighted by Crippen LogP contribution is -2.05. The van der Waals surface area contributed by atoms with E-state index in [1.54, 1.807) is 13.0 Å². The van der Waals surface area contributed by atoms with Crippen LogP contribution in [-0.4, -0.2) is 27.2 Å². The molecule has 2 heterocycles. The molecular weight excluding hydrogens is 226 g/mol. The number of fused-ring (bicyclic) bond motifs is 1. The Morgan fingerprint density at radius 3 is 3.06 bits per heavy atom. The minimum absolute atomic E-state index is 0.329.